The van der Waals surface area contributed by atoms with Crippen molar-refractivity contribution in [3.8, 4) is 11.5 Å². The predicted molar refractivity (Wildman–Crippen MR) is 46.5 cm³/mol. The Labute approximate surface area is 99.8 Å². The molecular weight excluding hydrogens is 279 g/mol. The van der Waals surface area contributed by atoms with Gasteiger partial charge in [-0.05, 0) is 5.16 Å². The summed E-state index contributed by atoms with van der Waals surface area (Å²) in [6, 6.07) is 0. The fraction of sp³-hybridized carbons (Fsp3) is 0. The van der Waals surface area contributed by atoms with E-state index in [0.717, 1.165) is 0 Å². The van der Waals surface area contributed by atoms with Crippen LogP contribution in [0.2, 0.25) is 0 Å². The Morgan fingerprint density at radius 3 is 1.84 bits per heavy atom. The molecule has 2 aromatic rings. The third-order valence-corrected chi connectivity index (χ3v) is 2.04. The molecule has 0 unspecified atom stereocenters. The molecule has 5 nitrogen and oxygen atoms in total. The first-order valence-corrected chi connectivity index (χ1v) is 4.43. The molecule has 10 heteroatoms. The van der Waals surface area contributed by atoms with E-state index >= 15 is 0 Å². The second-order valence-corrected chi connectivity index (χ2v) is 3.17. The van der Waals surface area contributed by atoms with Crippen molar-refractivity contribution in [2.45, 2.75) is 0 Å². The Bertz CT molecular complexity index is 656. The van der Waals surface area contributed by atoms with Crippen LogP contribution in [-0.4, -0.2) is 21.2 Å². The van der Waals surface area contributed by atoms with Crippen molar-refractivity contribution < 1.29 is 36.4 Å². The van der Waals surface area contributed by atoms with Crippen LogP contribution < -0.4 is 0 Å². The largest absolute Gasteiger partial charge is 0.475 e. The number of carboxylic acid groups (broad SMARTS) is 1. The Hall–Kier alpha value is -2.52. The van der Waals surface area contributed by atoms with Gasteiger partial charge in [-0.15, -0.1) is 0 Å². The number of halogens is 5. The standard InChI is InChI=1S/C9HF5N2O3/c10-2-1(3(11)5(13)6(14)4(2)12)8-15-7(9(17)18)16-19-8/h(H,17,18). The van der Waals surface area contributed by atoms with E-state index in [1.807, 2.05) is 0 Å². The van der Waals surface area contributed by atoms with Crippen molar-refractivity contribution >= 4 is 5.97 Å². The van der Waals surface area contributed by atoms with E-state index in [-0.39, 0.29) is 0 Å². The summed E-state index contributed by atoms with van der Waals surface area (Å²) in [7, 11) is 0. The van der Waals surface area contributed by atoms with Crippen molar-refractivity contribution in [1.82, 2.24) is 10.1 Å². The number of nitrogens with zero attached hydrogens (tertiary/aromatic N) is 2. The molecular formula is C9HF5N2O3. The molecule has 0 bridgehead atoms. The molecule has 0 fully saturated rings. The van der Waals surface area contributed by atoms with Crippen molar-refractivity contribution in [3.05, 3.63) is 34.9 Å². The number of aromatic carboxylic acids is 1. The third kappa shape index (κ3) is 1.90. The molecule has 0 spiro atoms. The van der Waals surface area contributed by atoms with E-state index in [1.165, 1.54) is 0 Å². The van der Waals surface area contributed by atoms with Gasteiger partial charge in [0, 0.05) is 0 Å². The Morgan fingerprint density at radius 1 is 0.947 bits per heavy atom. The minimum atomic E-state index is -2.35. The SMILES string of the molecule is O=C(O)c1noc(-c2c(F)c(F)c(F)c(F)c2F)n1. The molecule has 0 saturated carbocycles. The molecule has 1 aromatic heterocycles. The first-order chi connectivity index (χ1) is 8.84. The maximum atomic E-state index is 13.3. The van der Waals surface area contributed by atoms with Crippen molar-refractivity contribution in [2.75, 3.05) is 0 Å². The lowest BCUT2D eigenvalue weighted by molar-refractivity contribution is 0.0680. The monoisotopic (exact) mass is 280 g/mol. The lowest BCUT2D eigenvalue weighted by Crippen LogP contribution is -2.04. The molecule has 0 aliphatic carbocycles. The van der Waals surface area contributed by atoms with Crippen LogP contribution in [0.4, 0.5) is 22.0 Å². The van der Waals surface area contributed by atoms with E-state index in [4.69, 9.17) is 5.11 Å². The lowest BCUT2D eigenvalue weighted by Gasteiger charge is -2.03. The number of carboxylic acids is 1. The summed E-state index contributed by atoms with van der Waals surface area (Å²) in [5.74, 6) is -15.0. The molecule has 0 radical (unpaired) electrons. The highest BCUT2D eigenvalue weighted by atomic mass is 19.2. The highest BCUT2D eigenvalue weighted by Crippen LogP contribution is 2.30. The molecule has 2 rings (SSSR count). The van der Waals surface area contributed by atoms with Gasteiger partial charge in [0.1, 0.15) is 5.56 Å². The van der Waals surface area contributed by atoms with E-state index in [2.05, 4.69) is 14.7 Å². The zero-order valence-corrected chi connectivity index (χ0v) is 8.55. The number of hydrogen-bond donors (Lipinski definition) is 1. The van der Waals surface area contributed by atoms with E-state index in [0.29, 0.717) is 0 Å². The molecule has 1 heterocycles. The predicted octanol–water partition coefficient (Wildman–Crippen LogP) is 2.13. The fourth-order valence-electron chi connectivity index (χ4n) is 1.20. The molecule has 0 aliphatic heterocycles. The van der Waals surface area contributed by atoms with E-state index < -0.39 is 52.3 Å². The maximum Gasteiger partial charge on any atom is 0.377 e. The summed E-state index contributed by atoms with van der Waals surface area (Å²) < 4.78 is 69.3. The van der Waals surface area contributed by atoms with Crippen molar-refractivity contribution in [3.63, 3.8) is 0 Å². The molecule has 0 aliphatic rings. The second kappa shape index (κ2) is 4.30. The summed E-state index contributed by atoms with van der Waals surface area (Å²) in [5, 5.41) is 11.3. The van der Waals surface area contributed by atoms with Crippen LogP contribution in [0.5, 0.6) is 0 Å². The van der Waals surface area contributed by atoms with Gasteiger partial charge >= 0.3 is 5.97 Å². The summed E-state index contributed by atoms with van der Waals surface area (Å²) in [6.07, 6.45) is 0. The molecule has 0 amide bonds. The minimum Gasteiger partial charge on any atom is -0.475 e. The van der Waals surface area contributed by atoms with Crippen molar-refractivity contribution in [1.29, 1.82) is 0 Å². The first-order valence-electron chi connectivity index (χ1n) is 4.43. The fourth-order valence-corrected chi connectivity index (χ4v) is 1.20. The Kier molecular flexibility index (Phi) is 2.92. The molecule has 1 N–H and O–H groups in total. The average Bonchev–Trinajstić information content (AvgIpc) is 2.84. The van der Waals surface area contributed by atoms with Crippen LogP contribution in [-0.2, 0) is 0 Å². The molecule has 0 atom stereocenters. The Morgan fingerprint density at radius 2 is 1.42 bits per heavy atom. The topological polar surface area (TPSA) is 76.2 Å². The second-order valence-electron chi connectivity index (χ2n) is 3.17. The van der Waals surface area contributed by atoms with Gasteiger partial charge in [0.2, 0.25) is 5.82 Å². The van der Waals surface area contributed by atoms with Gasteiger partial charge in [-0.2, -0.15) is 4.98 Å². The maximum absolute atomic E-state index is 13.3. The number of hydrogen-bond acceptors (Lipinski definition) is 4. The lowest BCUT2D eigenvalue weighted by atomic mass is 10.1. The molecule has 0 saturated heterocycles. The van der Waals surface area contributed by atoms with Gasteiger partial charge in [-0.3, -0.25) is 0 Å². The molecule has 100 valence electrons. The van der Waals surface area contributed by atoms with Crippen LogP contribution in [0.25, 0.3) is 11.5 Å². The van der Waals surface area contributed by atoms with Gasteiger partial charge in [0.15, 0.2) is 23.3 Å². The summed E-state index contributed by atoms with van der Waals surface area (Å²) in [4.78, 5) is 13.4. The molecule has 19 heavy (non-hydrogen) atoms. The number of carbonyl (C=O) groups is 1. The number of rotatable bonds is 2. The van der Waals surface area contributed by atoms with Gasteiger partial charge in [0.25, 0.3) is 11.7 Å². The third-order valence-electron chi connectivity index (χ3n) is 2.04. The highest BCUT2D eigenvalue weighted by molar-refractivity contribution is 5.83. The van der Waals surface area contributed by atoms with Crippen LogP contribution in [0, 0.1) is 29.1 Å². The number of aromatic nitrogens is 2. The zero-order chi connectivity index (χ0) is 14.3. The quantitative estimate of drug-likeness (QED) is 0.518. The number of benzene rings is 1. The minimum absolute atomic E-state index is 0.987. The summed E-state index contributed by atoms with van der Waals surface area (Å²) in [5.41, 5.74) is -1.49. The van der Waals surface area contributed by atoms with Crippen LogP contribution in [0.15, 0.2) is 4.52 Å². The van der Waals surface area contributed by atoms with Gasteiger partial charge in [-0.25, -0.2) is 26.7 Å². The van der Waals surface area contributed by atoms with Gasteiger partial charge in [-0.1, -0.05) is 0 Å². The van der Waals surface area contributed by atoms with Crippen LogP contribution >= 0.6 is 0 Å². The summed E-state index contributed by atoms with van der Waals surface area (Å²) in [6.45, 7) is 0. The normalized spacial score (nSPS) is 10.8. The van der Waals surface area contributed by atoms with E-state index in [1.54, 1.807) is 0 Å². The summed E-state index contributed by atoms with van der Waals surface area (Å²) >= 11 is 0. The highest BCUT2D eigenvalue weighted by Gasteiger charge is 2.30. The smallest absolute Gasteiger partial charge is 0.377 e. The zero-order valence-electron chi connectivity index (χ0n) is 8.55. The first kappa shape index (κ1) is 12.9. The van der Waals surface area contributed by atoms with Crippen LogP contribution in [0.1, 0.15) is 10.6 Å². The van der Waals surface area contributed by atoms with E-state index in [9.17, 15) is 26.7 Å². The average molecular weight is 280 g/mol. The Balaban J connectivity index is 2.71. The van der Waals surface area contributed by atoms with Crippen LogP contribution in [0.3, 0.4) is 0 Å². The van der Waals surface area contributed by atoms with Gasteiger partial charge in [0.05, 0.1) is 0 Å². The van der Waals surface area contributed by atoms with Crippen molar-refractivity contribution in [2.24, 2.45) is 0 Å². The van der Waals surface area contributed by atoms with Gasteiger partial charge < -0.3 is 9.63 Å². The molecule has 1 aromatic carbocycles.